The van der Waals surface area contributed by atoms with Gasteiger partial charge in [-0.25, -0.2) is 18.7 Å². The third-order valence-electron chi connectivity index (χ3n) is 2.31. The van der Waals surface area contributed by atoms with E-state index in [9.17, 15) is 8.78 Å². The Bertz CT molecular complexity index is 364. The van der Waals surface area contributed by atoms with Crippen molar-refractivity contribution in [3.05, 3.63) is 30.2 Å². The monoisotopic (exact) mass is 227 g/mol. The minimum atomic E-state index is -2.45. The number of hydrogen-bond acceptors (Lipinski definition) is 3. The Balaban J connectivity index is 2.99. The second-order valence-electron chi connectivity index (χ2n) is 3.85. The number of nitrogens with zero attached hydrogens (tertiary/aromatic N) is 2. The van der Waals surface area contributed by atoms with Crippen LogP contribution < -0.4 is 5.73 Å². The Labute approximate surface area is 93.4 Å². The van der Waals surface area contributed by atoms with Crippen molar-refractivity contribution in [2.45, 2.75) is 26.2 Å². The fraction of sp³-hybridized carbons (Fsp3) is 0.455. The molecule has 1 heterocycles. The average molecular weight is 227 g/mol. The van der Waals surface area contributed by atoms with Crippen molar-refractivity contribution in [3.63, 3.8) is 0 Å². The van der Waals surface area contributed by atoms with E-state index in [1.807, 2.05) is 13.8 Å². The maximum Gasteiger partial charge on any atom is 0.257 e. The van der Waals surface area contributed by atoms with Crippen molar-refractivity contribution in [3.8, 4) is 0 Å². The second-order valence-corrected chi connectivity index (χ2v) is 3.85. The van der Waals surface area contributed by atoms with Crippen LogP contribution in [0.3, 0.4) is 0 Å². The van der Waals surface area contributed by atoms with Crippen LogP contribution in [0.1, 0.15) is 25.3 Å². The Morgan fingerprint density at radius 3 is 2.50 bits per heavy atom. The summed E-state index contributed by atoms with van der Waals surface area (Å²) in [5.74, 6) is 0.311. The summed E-state index contributed by atoms with van der Waals surface area (Å²) in [5, 5.41) is 0. The van der Waals surface area contributed by atoms with Gasteiger partial charge < -0.3 is 5.73 Å². The van der Waals surface area contributed by atoms with Gasteiger partial charge in [-0.2, -0.15) is 0 Å². The third-order valence-corrected chi connectivity index (χ3v) is 2.31. The molecule has 1 aromatic rings. The van der Waals surface area contributed by atoms with Crippen LogP contribution in [0.15, 0.2) is 24.7 Å². The predicted molar refractivity (Wildman–Crippen MR) is 59.2 cm³/mol. The van der Waals surface area contributed by atoms with Gasteiger partial charge >= 0.3 is 0 Å². The number of hydrogen-bond donors (Lipinski definition) is 1. The molecular weight excluding hydrogens is 212 g/mol. The highest BCUT2D eigenvalue weighted by Crippen LogP contribution is 2.28. The summed E-state index contributed by atoms with van der Waals surface area (Å²) in [6.07, 6.45) is 2.80. The highest BCUT2D eigenvalue weighted by atomic mass is 19.3. The van der Waals surface area contributed by atoms with Gasteiger partial charge in [-0.1, -0.05) is 19.9 Å². The summed E-state index contributed by atoms with van der Waals surface area (Å²) in [4.78, 5) is 7.72. The fourth-order valence-electron chi connectivity index (χ4n) is 1.50. The van der Waals surface area contributed by atoms with E-state index in [0.29, 0.717) is 11.4 Å². The number of allylic oxidation sites excluding steroid dienone is 2. The third kappa shape index (κ3) is 3.25. The van der Waals surface area contributed by atoms with E-state index in [2.05, 4.69) is 9.97 Å². The predicted octanol–water partition coefficient (Wildman–Crippen LogP) is 2.62. The van der Waals surface area contributed by atoms with Gasteiger partial charge in [0.1, 0.15) is 12.1 Å². The van der Waals surface area contributed by atoms with E-state index >= 15 is 0 Å². The molecule has 2 N–H and O–H groups in total. The van der Waals surface area contributed by atoms with Gasteiger partial charge in [0, 0.05) is 17.7 Å². The standard InChI is InChI=1S/C11H15F2N3/c1-7(2)8(3-4-10(12)13)9-5-15-6-16-11(9)14/h3-8,10H,1-2H3,(H2,14,15,16)/b4-3+. The molecule has 1 atom stereocenters. The van der Waals surface area contributed by atoms with Crippen LogP contribution in [0.2, 0.25) is 0 Å². The number of nitrogen functional groups attached to an aromatic ring is 1. The second kappa shape index (κ2) is 5.53. The molecule has 88 valence electrons. The number of anilines is 1. The van der Waals surface area contributed by atoms with Crippen LogP contribution in [0.5, 0.6) is 0 Å². The Morgan fingerprint density at radius 1 is 1.31 bits per heavy atom. The molecular formula is C11H15F2N3. The highest BCUT2D eigenvalue weighted by Gasteiger charge is 2.16. The largest absolute Gasteiger partial charge is 0.383 e. The average Bonchev–Trinajstić information content (AvgIpc) is 2.20. The van der Waals surface area contributed by atoms with E-state index in [-0.39, 0.29) is 11.8 Å². The molecule has 0 fully saturated rings. The summed E-state index contributed by atoms with van der Waals surface area (Å²) in [5.41, 5.74) is 6.38. The molecule has 0 spiro atoms. The van der Waals surface area contributed by atoms with Crippen LogP contribution in [0, 0.1) is 5.92 Å². The Morgan fingerprint density at radius 2 is 2.00 bits per heavy atom. The first-order valence-electron chi connectivity index (χ1n) is 5.04. The summed E-state index contributed by atoms with van der Waals surface area (Å²) >= 11 is 0. The topological polar surface area (TPSA) is 51.8 Å². The highest BCUT2D eigenvalue weighted by molar-refractivity contribution is 5.41. The Kier molecular flexibility index (Phi) is 4.34. The summed E-state index contributed by atoms with van der Waals surface area (Å²) in [6.45, 7) is 3.87. The van der Waals surface area contributed by atoms with Gasteiger partial charge in [-0.05, 0) is 12.0 Å². The normalized spacial score (nSPS) is 13.9. The minimum Gasteiger partial charge on any atom is -0.383 e. The summed E-state index contributed by atoms with van der Waals surface area (Å²) in [7, 11) is 0. The lowest BCUT2D eigenvalue weighted by Crippen LogP contribution is -2.09. The molecule has 0 radical (unpaired) electrons. The number of halogens is 2. The Hall–Kier alpha value is -1.52. The number of nitrogens with two attached hydrogens (primary N) is 1. The van der Waals surface area contributed by atoms with Crippen molar-refractivity contribution in [1.29, 1.82) is 0 Å². The van der Waals surface area contributed by atoms with E-state index in [1.165, 1.54) is 12.4 Å². The smallest absolute Gasteiger partial charge is 0.257 e. The molecule has 5 heteroatoms. The van der Waals surface area contributed by atoms with Gasteiger partial charge in [-0.15, -0.1) is 0 Å². The number of rotatable bonds is 4. The van der Waals surface area contributed by atoms with Crippen molar-refractivity contribution in [2.24, 2.45) is 5.92 Å². The molecule has 1 unspecified atom stereocenters. The molecule has 0 bridgehead atoms. The minimum absolute atomic E-state index is 0.156. The van der Waals surface area contributed by atoms with Crippen LogP contribution in [-0.2, 0) is 0 Å². The zero-order valence-electron chi connectivity index (χ0n) is 9.27. The first-order chi connectivity index (χ1) is 7.52. The maximum absolute atomic E-state index is 12.1. The van der Waals surface area contributed by atoms with E-state index in [0.717, 1.165) is 6.08 Å². The molecule has 0 aliphatic rings. The summed E-state index contributed by atoms with van der Waals surface area (Å²) < 4.78 is 24.3. The van der Waals surface area contributed by atoms with E-state index in [4.69, 9.17) is 5.73 Å². The van der Waals surface area contributed by atoms with Crippen molar-refractivity contribution in [2.75, 3.05) is 5.73 Å². The van der Waals surface area contributed by atoms with Gasteiger partial charge in [0.25, 0.3) is 6.43 Å². The van der Waals surface area contributed by atoms with Crippen molar-refractivity contribution >= 4 is 5.82 Å². The molecule has 0 aliphatic carbocycles. The quantitative estimate of drug-likeness (QED) is 0.804. The maximum atomic E-state index is 12.1. The lowest BCUT2D eigenvalue weighted by Gasteiger charge is -2.18. The van der Waals surface area contributed by atoms with Crippen LogP contribution in [-0.4, -0.2) is 16.4 Å². The van der Waals surface area contributed by atoms with Crippen LogP contribution in [0.4, 0.5) is 14.6 Å². The lowest BCUT2D eigenvalue weighted by molar-refractivity contribution is 0.203. The van der Waals surface area contributed by atoms with Crippen LogP contribution in [0.25, 0.3) is 0 Å². The molecule has 16 heavy (non-hydrogen) atoms. The lowest BCUT2D eigenvalue weighted by atomic mass is 9.89. The van der Waals surface area contributed by atoms with Gasteiger partial charge in [-0.3, -0.25) is 0 Å². The molecule has 0 saturated heterocycles. The van der Waals surface area contributed by atoms with E-state index < -0.39 is 6.43 Å². The first-order valence-corrected chi connectivity index (χ1v) is 5.04. The van der Waals surface area contributed by atoms with Crippen molar-refractivity contribution in [1.82, 2.24) is 9.97 Å². The van der Waals surface area contributed by atoms with Crippen LogP contribution >= 0.6 is 0 Å². The molecule has 0 amide bonds. The molecule has 0 aromatic carbocycles. The first kappa shape index (κ1) is 12.5. The number of alkyl halides is 2. The molecule has 0 aliphatic heterocycles. The summed E-state index contributed by atoms with van der Waals surface area (Å²) in [6, 6.07) is 0. The number of aromatic nitrogens is 2. The van der Waals surface area contributed by atoms with E-state index in [1.54, 1.807) is 6.20 Å². The van der Waals surface area contributed by atoms with Gasteiger partial charge in [0.05, 0.1) is 0 Å². The van der Waals surface area contributed by atoms with Gasteiger partial charge in [0.2, 0.25) is 0 Å². The fourth-order valence-corrected chi connectivity index (χ4v) is 1.50. The molecule has 3 nitrogen and oxygen atoms in total. The zero-order valence-corrected chi connectivity index (χ0v) is 9.27. The molecule has 1 aromatic heterocycles. The van der Waals surface area contributed by atoms with Crippen molar-refractivity contribution < 1.29 is 8.78 Å². The molecule has 0 saturated carbocycles. The zero-order chi connectivity index (χ0) is 12.1. The SMILES string of the molecule is CC(C)C(/C=C/C(F)F)c1cncnc1N. The van der Waals surface area contributed by atoms with Gasteiger partial charge in [0.15, 0.2) is 0 Å². The molecule has 1 rings (SSSR count).